The number of aromatic nitrogens is 2. The van der Waals surface area contributed by atoms with Crippen LogP contribution in [0.25, 0.3) is 21.3 Å². The Morgan fingerprint density at radius 1 is 1.06 bits per heavy atom. The predicted octanol–water partition coefficient (Wildman–Crippen LogP) is 4.99. The summed E-state index contributed by atoms with van der Waals surface area (Å²) in [6.45, 7) is 1.97. The van der Waals surface area contributed by atoms with Crippen molar-refractivity contribution < 1.29 is 4.74 Å². The highest BCUT2D eigenvalue weighted by Gasteiger charge is 2.25. The van der Waals surface area contributed by atoms with Gasteiger partial charge < -0.3 is 9.64 Å². The maximum atomic E-state index is 14.0. The van der Waals surface area contributed by atoms with Crippen LogP contribution < -0.4 is 10.3 Å². The van der Waals surface area contributed by atoms with E-state index < -0.39 is 0 Å². The third-order valence-electron chi connectivity index (χ3n) is 6.39. The van der Waals surface area contributed by atoms with Crippen LogP contribution in [0.1, 0.15) is 30.3 Å². The van der Waals surface area contributed by atoms with Gasteiger partial charge in [0.1, 0.15) is 16.4 Å². The fourth-order valence-corrected chi connectivity index (χ4v) is 5.61. The molecule has 0 atom stereocenters. The Morgan fingerprint density at radius 3 is 2.53 bits per heavy atom. The van der Waals surface area contributed by atoms with Crippen LogP contribution in [0.15, 0.2) is 64.8 Å². The third kappa shape index (κ3) is 3.85. The Kier molecular flexibility index (Phi) is 5.81. The van der Waals surface area contributed by atoms with Gasteiger partial charge in [0.25, 0.3) is 5.56 Å². The quantitative estimate of drug-likeness (QED) is 0.434. The van der Waals surface area contributed by atoms with Gasteiger partial charge >= 0.3 is 0 Å². The molecule has 1 fully saturated rings. The fourth-order valence-electron chi connectivity index (χ4n) is 4.65. The summed E-state index contributed by atoms with van der Waals surface area (Å²) in [5.41, 5.74) is 3.16. The van der Waals surface area contributed by atoms with Crippen molar-refractivity contribution in [3.8, 4) is 16.9 Å². The summed E-state index contributed by atoms with van der Waals surface area (Å²) in [5.74, 6) is 1.65. The second-order valence-electron chi connectivity index (χ2n) is 8.42. The number of ether oxygens (including phenoxy) is 1. The number of likely N-dealkylation sites (tertiary alicyclic amines) is 1. The van der Waals surface area contributed by atoms with E-state index in [1.807, 2.05) is 41.0 Å². The van der Waals surface area contributed by atoms with Crippen LogP contribution >= 0.6 is 11.3 Å². The van der Waals surface area contributed by atoms with Gasteiger partial charge in [0.2, 0.25) is 0 Å². The molecule has 0 radical (unpaired) electrons. The van der Waals surface area contributed by atoms with E-state index in [4.69, 9.17) is 9.72 Å². The molecule has 2 aromatic heterocycles. The van der Waals surface area contributed by atoms with Crippen molar-refractivity contribution in [2.75, 3.05) is 27.2 Å². The SMILES string of the molecule is COc1ccccc1Cc1nc2scc(-c3ccccc3)c2c(=O)n1C1CCN(C)CC1. The Morgan fingerprint density at radius 2 is 1.78 bits per heavy atom. The number of hydrogen-bond acceptors (Lipinski definition) is 5. The van der Waals surface area contributed by atoms with E-state index in [1.54, 1.807) is 18.4 Å². The Bertz CT molecular complexity index is 1290. The number of fused-ring (bicyclic) bond motifs is 1. The molecule has 164 valence electrons. The minimum atomic E-state index is 0.0783. The molecule has 5 nitrogen and oxygen atoms in total. The zero-order chi connectivity index (χ0) is 22.1. The van der Waals surface area contributed by atoms with Crippen molar-refractivity contribution in [3.63, 3.8) is 0 Å². The summed E-state index contributed by atoms with van der Waals surface area (Å²) in [5, 5.41) is 2.81. The smallest absolute Gasteiger partial charge is 0.263 e. The van der Waals surface area contributed by atoms with Gasteiger partial charge in [-0.3, -0.25) is 9.36 Å². The topological polar surface area (TPSA) is 47.4 Å². The van der Waals surface area contributed by atoms with Crippen LogP contribution in [0.4, 0.5) is 0 Å². The van der Waals surface area contributed by atoms with Gasteiger partial charge in [0.05, 0.1) is 12.5 Å². The maximum absolute atomic E-state index is 14.0. The molecule has 3 heterocycles. The van der Waals surface area contributed by atoms with Crippen LogP contribution in [0.3, 0.4) is 0 Å². The standard InChI is InChI=1S/C26H27N3O2S/c1-28-14-12-20(13-15-28)29-23(16-19-10-6-7-11-22(19)31-2)27-25-24(26(29)30)21(17-32-25)18-8-4-3-5-9-18/h3-11,17,20H,12-16H2,1-2H3. The Balaban J connectivity index is 1.69. The van der Waals surface area contributed by atoms with E-state index in [9.17, 15) is 4.79 Å². The number of rotatable bonds is 5. The molecular weight excluding hydrogens is 418 g/mol. The molecule has 32 heavy (non-hydrogen) atoms. The minimum Gasteiger partial charge on any atom is -0.496 e. The number of piperidine rings is 1. The molecular formula is C26H27N3O2S. The van der Waals surface area contributed by atoms with E-state index in [2.05, 4.69) is 35.5 Å². The molecule has 0 saturated carbocycles. The highest BCUT2D eigenvalue weighted by Crippen LogP contribution is 2.33. The molecule has 2 aromatic carbocycles. The normalized spacial score (nSPS) is 15.3. The van der Waals surface area contributed by atoms with Crippen LogP contribution in [-0.4, -0.2) is 41.7 Å². The summed E-state index contributed by atoms with van der Waals surface area (Å²) < 4.78 is 7.56. The number of hydrogen-bond donors (Lipinski definition) is 0. The molecule has 0 amide bonds. The number of para-hydroxylation sites is 1. The van der Waals surface area contributed by atoms with Crippen LogP contribution in [0.5, 0.6) is 5.75 Å². The van der Waals surface area contributed by atoms with Gasteiger partial charge in [-0.2, -0.15) is 0 Å². The van der Waals surface area contributed by atoms with Gasteiger partial charge in [0, 0.05) is 29.0 Å². The molecule has 0 bridgehead atoms. The molecule has 0 N–H and O–H groups in total. The summed E-state index contributed by atoms with van der Waals surface area (Å²) >= 11 is 1.55. The highest BCUT2D eigenvalue weighted by atomic mass is 32.1. The monoisotopic (exact) mass is 445 g/mol. The number of methoxy groups -OCH3 is 1. The van der Waals surface area contributed by atoms with E-state index >= 15 is 0 Å². The van der Waals surface area contributed by atoms with E-state index in [-0.39, 0.29) is 11.6 Å². The van der Waals surface area contributed by atoms with E-state index in [1.165, 1.54) is 0 Å². The maximum Gasteiger partial charge on any atom is 0.263 e. The first-order valence-corrected chi connectivity index (χ1v) is 11.9. The number of benzene rings is 2. The minimum absolute atomic E-state index is 0.0783. The van der Waals surface area contributed by atoms with Crippen LogP contribution in [-0.2, 0) is 6.42 Å². The lowest BCUT2D eigenvalue weighted by atomic mass is 10.0. The highest BCUT2D eigenvalue weighted by molar-refractivity contribution is 7.17. The molecule has 1 aliphatic rings. The van der Waals surface area contributed by atoms with Crippen LogP contribution in [0, 0.1) is 0 Å². The van der Waals surface area contributed by atoms with E-state index in [0.717, 1.165) is 64.4 Å². The van der Waals surface area contributed by atoms with Crippen molar-refractivity contribution in [1.82, 2.24) is 14.5 Å². The molecule has 1 saturated heterocycles. The van der Waals surface area contributed by atoms with Crippen molar-refractivity contribution in [1.29, 1.82) is 0 Å². The van der Waals surface area contributed by atoms with Gasteiger partial charge in [0.15, 0.2) is 0 Å². The fraction of sp³-hybridized carbons (Fsp3) is 0.308. The zero-order valence-electron chi connectivity index (χ0n) is 18.5. The van der Waals surface area contributed by atoms with Crippen molar-refractivity contribution >= 4 is 21.6 Å². The van der Waals surface area contributed by atoms with Gasteiger partial charge in [-0.1, -0.05) is 48.5 Å². The van der Waals surface area contributed by atoms with Gasteiger partial charge in [-0.05, 0) is 44.6 Å². The zero-order valence-corrected chi connectivity index (χ0v) is 19.3. The third-order valence-corrected chi connectivity index (χ3v) is 7.26. The second-order valence-corrected chi connectivity index (χ2v) is 9.28. The average Bonchev–Trinajstić information content (AvgIpc) is 3.25. The van der Waals surface area contributed by atoms with Crippen molar-refractivity contribution in [2.45, 2.75) is 25.3 Å². The molecule has 6 heteroatoms. The van der Waals surface area contributed by atoms with Crippen molar-refractivity contribution in [3.05, 3.63) is 81.7 Å². The number of thiophene rings is 1. The summed E-state index contributed by atoms with van der Waals surface area (Å²) in [4.78, 5) is 22.2. The average molecular weight is 446 g/mol. The first-order chi connectivity index (χ1) is 15.7. The lowest BCUT2D eigenvalue weighted by Crippen LogP contribution is -2.37. The summed E-state index contributed by atoms with van der Waals surface area (Å²) in [6.07, 6.45) is 2.47. The lowest BCUT2D eigenvalue weighted by molar-refractivity contribution is 0.216. The molecule has 0 spiro atoms. The molecule has 4 aromatic rings. The van der Waals surface area contributed by atoms with Gasteiger partial charge in [-0.15, -0.1) is 11.3 Å². The van der Waals surface area contributed by atoms with E-state index in [0.29, 0.717) is 6.42 Å². The first-order valence-electron chi connectivity index (χ1n) is 11.0. The Hall–Kier alpha value is -2.96. The molecule has 5 rings (SSSR count). The largest absolute Gasteiger partial charge is 0.496 e. The molecule has 0 aliphatic carbocycles. The van der Waals surface area contributed by atoms with Crippen LogP contribution in [0.2, 0.25) is 0 Å². The summed E-state index contributed by atoms with van der Waals surface area (Å²) in [7, 11) is 3.83. The summed E-state index contributed by atoms with van der Waals surface area (Å²) in [6, 6.07) is 18.3. The predicted molar refractivity (Wildman–Crippen MR) is 131 cm³/mol. The Labute approximate surface area is 191 Å². The lowest BCUT2D eigenvalue weighted by Gasteiger charge is -2.31. The molecule has 0 unspecified atom stereocenters. The molecule has 1 aliphatic heterocycles. The van der Waals surface area contributed by atoms with Crippen molar-refractivity contribution in [2.24, 2.45) is 0 Å². The van der Waals surface area contributed by atoms with Gasteiger partial charge in [-0.25, -0.2) is 4.98 Å². The number of nitrogens with zero attached hydrogens (tertiary/aromatic N) is 3. The second kappa shape index (κ2) is 8.88. The first kappa shape index (κ1) is 20.9.